The first kappa shape index (κ1) is 15.2. The van der Waals surface area contributed by atoms with Crippen LogP contribution in [0.25, 0.3) is 0 Å². The number of rotatable bonds is 6. The first-order valence-corrected chi connectivity index (χ1v) is 6.85. The molecule has 0 amide bonds. The van der Waals surface area contributed by atoms with E-state index >= 15 is 0 Å². The summed E-state index contributed by atoms with van der Waals surface area (Å²) in [5.41, 5.74) is 1.46. The van der Waals surface area contributed by atoms with Crippen LogP contribution >= 0.6 is 11.6 Å². The van der Waals surface area contributed by atoms with E-state index in [1.54, 1.807) is 36.4 Å². The minimum absolute atomic E-state index is 0.173. The van der Waals surface area contributed by atoms with Crippen LogP contribution in [0.15, 0.2) is 48.5 Å². The van der Waals surface area contributed by atoms with Crippen molar-refractivity contribution in [2.75, 3.05) is 18.5 Å². The van der Waals surface area contributed by atoms with Crippen molar-refractivity contribution in [3.8, 4) is 11.8 Å². The van der Waals surface area contributed by atoms with Crippen molar-refractivity contribution in [3.05, 3.63) is 59.1 Å². The average Bonchev–Trinajstić information content (AvgIpc) is 2.53. The van der Waals surface area contributed by atoms with Crippen molar-refractivity contribution >= 4 is 17.3 Å². The second-order valence-electron chi connectivity index (χ2n) is 4.49. The Morgan fingerprint density at radius 1 is 1.14 bits per heavy atom. The standard InChI is InChI=1S/C16H15ClN2O2/c17-13-3-5-14(6-4-13)19-10-15(20)11-21-16-7-1-12(9-18)2-8-16/h1-8,15,19-20H,10-11H2. The molecule has 0 fully saturated rings. The van der Waals surface area contributed by atoms with E-state index in [2.05, 4.69) is 5.32 Å². The fraction of sp³-hybridized carbons (Fsp3) is 0.188. The molecule has 2 aromatic rings. The zero-order chi connectivity index (χ0) is 15.1. The van der Waals surface area contributed by atoms with Crippen LogP contribution in [0.2, 0.25) is 5.02 Å². The van der Waals surface area contributed by atoms with Crippen molar-refractivity contribution in [1.82, 2.24) is 0 Å². The molecule has 0 aliphatic heterocycles. The molecule has 0 bridgehead atoms. The molecule has 2 aromatic carbocycles. The second-order valence-corrected chi connectivity index (χ2v) is 4.93. The summed E-state index contributed by atoms with van der Waals surface area (Å²) in [6.07, 6.45) is -0.642. The van der Waals surface area contributed by atoms with Crippen molar-refractivity contribution in [2.24, 2.45) is 0 Å². The lowest BCUT2D eigenvalue weighted by molar-refractivity contribution is 0.117. The smallest absolute Gasteiger partial charge is 0.119 e. The third kappa shape index (κ3) is 4.99. The summed E-state index contributed by atoms with van der Waals surface area (Å²) in [5, 5.41) is 22.3. The van der Waals surface area contributed by atoms with Gasteiger partial charge in [-0.15, -0.1) is 0 Å². The highest BCUT2D eigenvalue weighted by atomic mass is 35.5. The molecule has 0 aliphatic carbocycles. The van der Waals surface area contributed by atoms with Crippen molar-refractivity contribution in [2.45, 2.75) is 6.10 Å². The minimum Gasteiger partial charge on any atom is -0.491 e. The summed E-state index contributed by atoms with van der Waals surface area (Å²) in [4.78, 5) is 0. The molecule has 1 unspecified atom stereocenters. The quantitative estimate of drug-likeness (QED) is 0.860. The van der Waals surface area contributed by atoms with Gasteiger partial charge in [0, 0.05) is 17.3 Å². The number of nitrogens with zero attached hydrogens (tertiary/aromatic N) is 1. The Kier molecular flexibility index (Phi) is 5.44. The number of nitriles is 1. The van der Waals surface area contributed by atoms with Gasteiger partial charge in [0.2, 0.25) is 0 Å². The summed E-state index contributed by atoms with van der Waals surface area (Å²) >= 11 is 5.80. The van der Waals surface area contributed by atoms with Crippen molar-refractivity contribution < 1.29 is 9.84 Å². The fourth-order valence-electron chi connectivity index (χ4n) is 1.68. The van der Waals surface area contributed by atoms with E-state index in [4.69, 9.17) is 21.6 Å². The van der Waals surface area contributed by atoms with E-state index in [1.807, 2.05) is 18.2 Å². The van der Waals surface area contributed by atoms with E-state index < -0.39 is 6.10 Å². The average molecular weight is 303 g/mol. The maximum absolute atomic E-state index is 9.86. The number of hydrogen-bond acceptors (Lipinski definition) is 4. The molecule has 1 atom stereocenters. The van der Waals surface area contributed by atoms with Crippen molar-refractivity contribution in [3.63, 3.8) is 0 Å². The Bertz CT molecular complexity index is 606. The second kappa shape index (κ2) is 7.53. The first-order valence-electron chi connectivity index (χ1n) is 6.48. The lowest BCUT2D eigenvalue weighted by atomic mass is 10.2. The van der Waals surface area contributed by atoms with E-state index in [0.717, 1.165) is 5.69 Å². The molecule has 0 aromatic heterocycles. The van der Waals surface area contributed by atoms with Crippen LogP contribution < -0.4 is 10.1 Å². The molecule has 0 saturated heterocycles. The summed E-state index contributed by atoms with van der Waals surface area (Å²) in [6, 6.07) is 16.0. The molecule has 2 rings (SSSR count). The topological polar surface area (TPSA) is 65.3 Å². The lowest BCUT2D eigenvalue weighted by Crippen LogP contribution is -2.26. The number of aliphatic hydroxyl groups is 1. The SMILES string of the molecule is N#Cc1ccc(OCC(O)CNc2ccc(Cl)cc2)cc1. The third-order valence-electron chi connectivity index (χ3n) is 2.81. The Hall–Kier alpha value is -2.22. The van der Waals surface area contributed by atoms with Crippen LogP contribution in [0, 0.1) is 11.3 Å². The van der Waals surface area contributed by atoms with Gasteiger partial charge in [0.05, 0.1) is 11.6 Å². The highest BCUT2D eigenvalue weighted by molar-refractivity contribution is 6.30. The largest absolute Gasteiger partial charge is 0.491 e. The highest BCUT2D eigenvalue weighted by Crippen LogP contribution is 2.14. The molecule has 0 aliphatic rings. The Morgan fingerprint density at radius 3 is 2.43 bits per heavy atom. The zero-order valence-electron chi connectivity index (χ0n) is 11.3. The van der Waals surface area contributed by atoms with Gasteiger partial charge >= 0.3 is 0 Å². The third-order valence-corrected chi connectivity index (χ3v) is 3.06. The normalized spacial score (nSPS) is 11.5. The van der Waals surface area contributed by atoms with Crippen LogP contribution in [0.1, 0.15) is 5.56 Å². The van der Waals surface area contributed by atoms with Gasteiger partial charge in [-0.05, 0) is 48.5 Å². The minimum atomic E-state index is -0.642. The van der Waals surface area contributed by atoms with Gasteiger partial charge in [-0.25, -0.2) is 0 Å². The number of ether oxygens (including phenoxy) is 1. The Labute approximate surface area is 128 Å². The van der Waals surface area contributed by atoms with E-state index in [9.17, 15) is 5.11 Å². The summed E-state index contributed by atoms with van der Waals surface area (Å²) in [7, 11) is 0. The monoisotopic (exact) mass is 302 g/mol. The lowest BCUT2D eigenvalue weighted by Gasteiger charge is -2.14. The Morgan fingerprint density at radius 2 is 1.81 bits per heavy atom. The zero-order valence-corrected chi connectivity index (χ0v) is 12.0. The van der Waals surface area contributed by atoms with Gasteiger partial charge in [-0.3, -0.25) is 0 Å². The van der Waals surface area contributed by atoms with Gasteiger partial charge in [0.1, 0.15) is 18.5 Å². The van der Waals surface area contributed by atoms with Crippen LogP contribution in [0.4, 0.5) is 5.69 Å². The Balaban J connectivity index is 1.75. The number of aliphatic hydroxyl groups excluding tert-OH is 1. The molecular weight excluding hydrogens is 288 g/mol. The maximum Gasteiger partial charge on any atom is 0.119 e. The van der Waals surface area contributed by atoms with Gasteiger partial charge in [-0.1, -0.05) is 11.6 Å². The van der Waals surface area contributed by atoms with Crippen LogP contribution in [-0.4, -0.2) is 24.4 Å². The fourth-order valence-corrected chi connectivity index (χ4v) is 1.81. The molecule has 4 nitrogen and oxygen atoms in total. The molecule has 0 spiro atoms. The first-order chi connectivity index (χ1) is 10.2. The van der Waals surface area contributed by atoms with Crippen molar-refractivity contribution in [1.29, 1.82) is 5.26 Å². The summed E-state index contributed by atoms with van der Waals surface area (Å²) in [6.45, 7) is 0.546. The highest BCUT2D eigenvalue weighted by Gasteiger charge is 2.05. The predicted molar refractivity (Wildman–Crippen MR) is 82.6 cm³/mol. The molecule has 2 N–H and O–H groups in total. The maximum atomic E-state index is 9.86. The molecule has 0 radical (unpaired) electrons. The number of nitrogens with one attached hydrogen (secondary N) is 1. The number of anilines is 1. The number of halogens is 1. The van der Waals surface area contributed by atoms with E-state index in [1.165, 1.54) is 0 Å². The van der Waals surface area contributed by atoms with Gasteiger partial charge in [-0.2, -0.15) is 5.26 Å². The molecule has 0 heterocycles. The molecule has 5 heteroatoms. The number of benzene rings is 2. The van der Waals surface area contributed by atoms with Gasteiger partial charge < -0.3 is 15.2 Å². The molecule has 108 valence electrons. The van der Waals surface area contributed by atoms with Crippen LogP contribution in [0.3, 0.4) is 0 Å². The molecule has 21 heavy (non-hydrogen) atoms. The van der Waals surface area contributed by atoms with E-state index in [0.29, 0.717) is 22.9 Å². The molecule has 0 saturated carbocycles. The van der Waals surface area contributed by atoms with E-state index in [-0.39, 0.29) is 6.61 Å². The summed E-state index contributed by atoms with van der Waals surface area (Å²) in [5.74, 6) is 0.625. The van der Waals surface area contributed by atoms with Crippen LogP contribution in [-0.2, 0) is 0 Å². The number of hydrogen-bond donors (Lipinski definition) is 2. The predicted octanol–water partition coefficient (Wildman–Crippen LogP) is 3.06. The molecular formula is C16H15ClN2O2. The van der Waals surface area contributed by atoms with Gasteiger partial charge in [0.15, 0.2) is 0 Å². The summed E-state index contributed by atoms with van der Waals surface area (Å²) < 4.78 is 5.45. The van der Waals surface area contributed by atoms with Crippen LogP contribution in [0.5, 0.6) is 5.75 Å². The van der Waals surface area contributed by atoms with Gasteiger partial charge in [0.25, 0.3) is 0 Å².